The summed E-state index contributed by atoms with van der Waals surface area (Å²) >= 11 is 0. The second-order valence-corrected chi connectivity index (χ2v) is 7.07. The molecule has 2 fully saturated rings. The van der Waals surface area contributed by atoms with Gasteiger partial charge in [-0.25, -0.2) is 4.79 Å². The van der Waals surface area contributed by atoms with E-state index in [-0.39, 0.29) is 17.5 Å². The minimum atomic E-state index is -0.106. The molecule has 6 nitrogen and oxygen atoms in total. The van der Waals surface area contributed by atoms with Crippen molar-refractivity contribution < 1.29 is 9.59 Å². The number of carbonyl (C=O) groups is 2. The largest absolute Gasteiger partial charge is 0.335 e. The molecule has 3 amide bonds. The van der Waals surface area contributed by atoms with Gasteiger partial charge in [0.25, 0.3) is 5.91 Å². The van der Waals surface area contributed by atoms with Gasteiger partial charge in [0, 0.05) is 37.9 Å². The highest BCUT2D eigenvalue weighted by atomic mass is 16.2. The van der Waals surface area contributed by atoms with E-state index in [1.165, 1.54) is 12.8 Å². The summed E-state index contributed by atoms with van der Waals surface area (Å²) in [4.78, 5) is 30.3. The Kier molecular flexibility index (Phi) is 3.13. The fraction of sp³-hybridized carbons (Fsp3) is 0.529. The molecular weight excluding hydrogens is 292 g/mol. The number of hydrogen-bond donors (Lipinski definition) is 1. The van der Waals surface area contributed by atoms with Crippen LogP contribution in [0.5, 0.6) is 0 Å². The Morgan fingerprint density at radius 2 is 2.04 bits per heavy atom. The first kappa shape index (κ1) is 14.5. The predicted octanol–water partition coefficient (Wildman–Crippen LogP) is 1.58. The smallest absolute Gasteiger partial charge is 0.321 e. The lowest BCUT2D eigenvalue weighted by Crippen LogP contribution is -2.68. The van der Waals surface area contributed by atoms with Crippen molar-refractivity contribution in [3.8, 4) is 0 Å². The topological polar surface area (TPSA) is 55.9 Å². The number of amides is 3. The van der Waals surface area contributed by atoms with Crippen molar-refractivity contribution in [1.82, 2.24) is 14.7 Å². The number of nitrogens with zero attached hydrogens (tertiary/aromatic N) is 3. The van der Waals surface area contributed by atoms with E-state index in [1.54, 1.807) is 11.9 Å². The van der Waals surface area contributed by atoms with E-state index in [9.17, 15) is 9.59 Å². The molecule has 1 spiro atoms. The van der Waals surface area contributed by atoms with Gasteiger partial charge in [-0.1, -0.05) is 0 Å². The van der Waals surface area contributed by atoms with E-state index in [0.717, 1.165) is 30.9 Å². The quantitative estimate of drug-likeness (QED) is 0.856. The molecule has 1 aromatic rings. The van der Waals surface area contributed by atoms with Crippen molar-refractivity contribution in [2.75, 3.05) is 39.0 Å². The van der Waals surface area contributed by atoms with E-state index in [4.69, 9.17) is 0 Å². The molecule has 122 valence electrons. The Hall–Kier alpha value is -2.08. The van der Waals surface area contributed by atoms with E-state index < -0.39 is 0 Å². The number of likely N-dealkylation sites (N-methyl/N-ethyl adjacent to an activating group) is 1. The molecule has 0 aliphatic carbocycles. The predicted molar refractivity (Wildman–Crippen MR) is 87.4 cm³/mol. The third-order valence-corrected chi connectivity index (χ3v) is 5.55. The Morgan fingerprint density at radius 3 is 2.74 bits per heavy atom. The lowest BCUT2D eigenvalue weighted by Gasteiger charge is -2.52. The first-order valence-electron chi connectivity index (χ1n) is 8.14. The van der Waals surface area contributed by atoms with Gasteiger partial charge in [-0.05, 0) is 50.2 Å². The highest BCUT2D eigenvalue weighted by Gasteiger charge is 2.50. The van der Waals surface area contributed by atoms with Crippen LogP contribution < -0.4 is 5.32 Å². The molecule has 0 unspecified atom stereocenters. The average Bonchev–Trinajstić information content (AvgIpc) is 2.87. The van der Waals surface area contributed by atoms with Crippen LogP contribution >= 0.6 is 0 Å². The minimum Gasteiger partial charge on any atom is -0.335 e. The third kappa shape index (κ3) is 2.20. The molecule has 3 aliphatic rings. The van der Waals surface area contributed by atoms with Crippen LogP contribution in [-0.4, -0.2) is 65.9 Å². The molecule has 0 radical (unpaired) electrons. The highest BCUT2D eigenvalue weighted by Crippen LogP contribution is 2.37. The molecule has 0 aromatic heterocycles. The first-order valence-corrected chi connectivity index (χ1v) is 8.14. The summed E-state index contributed by atoms with van der Waals surface area (Å²) in [5, 5.41) is 2.83. The monoisotopic (exact) mass is 314 g/mol. The number of benzene rings is 1. The van der Waals surface area contributed by atoms with Gasteiger partial charge in [-0.3, -0.25) is 9.69 Å². The number of rotatable bonds is 1. The van der Waals surface area contributed by atoms with Crippen LogP contribution in [0.1, 0.15) is 28.8 Å². The van der Waals surface area contributed by atoms with Crippen molar-refractivity contribution in [3.63, 3.8) is 0 Å². The summed E-state index contributed by atoms with van der Waals surface area (Å²) in [6.07, 6.45) is 2.41. The molecule has 23 heavy (non-hydrogen) atoms. The SMILES string of the molecule is CN1Cc2cc(C(=O)N3CC4(CCCN4C)C3)ccc2NC1=O. The first-order chi connectivity index (χ1) is 11.0. The summed E-state index contributed by atoms with van der Waals surface area (Å²) in [7, 11) is 3.91. The maximum absolute atomic E-state index is 12.7. The normalized spacial score (nSPS) is 22.8. The number of carbonyl (C=O) groups excluding carboxylic acids is 2. The average molecular weight is 314 g/mol. The molecule has 1 aromatic carbocycles. The molecular formula is C17H22N4O2. The van der Waals surface area contributed by atoms with Gasteiger partial charge in [-0.15, -0.1) is 0 Å². The number of nitrogens with one attached hydrogen (secondary N) is 1. The van der Waals surface area contributed by atoms with Crippen LogP contribution in [-0.2, 0) is 6.54 Å². The fourth-order valence-corrected chi connectivity index (χ4v) is 3.98. The third-order valence-electron chi connectivity index (χ3n) is 5.55. The summed E-state index contributed by atoms with van der Waals surface area (Å²) in [6.45, 7) is 3.33. The number of anilines is 1. The molecule has 2 saturated heterocycles. The van der Waals surface area contributed by atoms with Crippen molar-refractivity contribution in [1.29, 1.82) is 0 Å². The molecule has 6 heteroatoms. The van der Waals surface area contributed by atoms with Crippen LogP contribution in [0, 0.1) is 0 Å². The van der Waals surface area contributed by atoms with E-state index in [0.29, 0.717) is 12.1 Å². The second-order valence-electron chi connectivity index (χ2n) is 7.07. The Morgan fingerprint density at radius 1 is 1.26 bits per heavy atom. The number of hydrogen-bond acceptors (Lipinski definition) is 3. The zero-order chi connectivity index (χ0) is 16.2. The lowest BCUT2D eigenvalue weighted by molar-refractivity contribution is -0.00729. The molecule has 0 saturated carbocycles. The van der Waals surface area contributed by atoms with Gasteiger partial charge in [0.05, 0.1) is 5.54 Å². The van der Waals surface area contributed by atoms with Gasteiger partial charge < -0.3 is 15.1 Å². The van der Waals surface area contributed by atoms with Crippen LogP contribution in [0.3, 0.4) is 0 Å². The minimum absolute atomic E-state index is 0.0956. The maximum atomic E-state index is 12.7. The summed E-state index contributed by atoms with van der Waals surface area (Å²) in [6, 6.07) is 5.46. The zero-order valence-electron chi connectivity index (χ0n) is 13.6. The van der Waals surface area contributed by atoms with Crippen molar-refractivity contribution in [2.24, 2.45) is 0 Å². The van der Waals surface area contributed by atoms with Crippen LogP contribution in [0.15, 0.2) is 18.2 Å². The van der Waals surface area contributed by atoms with Gasteiger partial charge in [-0.2, -0.15) is 0 Å². The summed E-state index contributed by atoms with van der Waals surface area (Å²) < 4.78 is 0. The van der Waals surface area contributed by atoms with E-state index in [2.05, 4.69) is 17.3 Å². The molecule has 4 rings (SSSR count). The zero-order valence-corrected chi connectivity index (χ0v) is 13.6. The Bertz CT molecular complexity index is 681. The highest BCUT2D eigenvalue weighted by molar-refractivity contribution is 5.97. The fourth-order valence-electron chi connectivity index (χ4n) is 3.98. The van der Waals surface area contributed by atoms with Gasteiger partial charge in [0.1, 0.15) is 0 Å². The molecule has 0 bridgehead atoms. The maximum Gasteiger partial charge on any atom is 0.321 e. The van der Waals surface area contributed by atoms with Crippen molar-refractivity contribution in [3.05, 3.63) is 29.3 Å². The Balaban J connectivity index is 1.50. The van der Waals surface area contributed by atoms with Crippen LogP contribution in [0.4, 0.5) is 10.5 Å². The Labute approximate surface area is 136 Å². The molecule has 1 N–H and O–H groups in total. The molecule has 3 aliphatic heterocycles. The number of fused-ring (bicyclic) bond motifs is 1. The second kappa shape index (κ2) is 4.96. The number of likely N-dealkylation sites (tertiary alicyclic amines) is 2. The van der Waals surface area contributed by atoms with Crippen LogP contribution in [0.2, 0.25) is 0 Å². The van der Waals surface area contributed by atoms with Crippen molar-refractivity contribution in [2.45, 2.75) is 24.9 Å². The van der Waals surface area contributed by atoms with Gasteiger partial charge >= 0.3 is 6.03 Å². The van der Waals surface area contributed by atoms with Crippen LogP contribution in [0.25, 0.3) is 0 Å². The van der Waals surface area contributed by atoms with Gasteiger partial charge in [0.15, 0.2) is 0 Å². The van der Waals surface area contributed by atoms with Crippen molar-refractivity contribution >= 4 is 17.6 Å². The standard InChI is InChI=1S/C17H22N4O2/c1-19-9-13-8-12(4-5-14(13)18-16(19)23)15(22)21-10-17(11-21)6-3-7-20(17)2/h4-5,8H,3,6-7,9-11H2,1-2H3,(H,18,23). The van der Waals surface area contributed by atoms with E-state index >= 15 is 0 Å². The van der Waals surface area contributed by atoms with E-state index in [1.807, 2.05) is 23.1 Å². The number of urea groups is 1. The summed E-state index contributed by atoms with van der Waals surface area (Å²) in [5.74, 6) is 0.0956. The molecule has 0 atom stereocenters. The molecule has 3 heterocycles. The summed E-state index contributed by atoms with van der Waals surface area (Å²) in [5.41, 5.74) is 2.73. The lowest BCUT2D eigenvalue weighted by atomic mass is 9.86. The van der Waals surface area contributed by atoms with Gasteiger partial charge in [0.2, 0.25) is 0 Å².